The van der Waals surface area contributed by atoms with Gasteiger partial charge >= 0.3 is 0 Å². The van der Waals surface area contributed by atoms with Crippen molar-refractivity contribution in [3.63, 3.8) is 0 Å². The van der Waals surface area contributed by atoms with Crippen LogP contribution in [0.15, 0.2) is 36.4 Å². The summed E-state index contributed by atoms with van der Waals surface area (Å²) in [6, 6.07) is 12.5. The summed E-state index contributed by atoms with van der Waals surface area (Å²) in [4.78, 5) is 0. The highest BCUT2D eigenvalue weighted by atomic mass is 16.5. The third kappa shape index (κ3) is 4.42. The number of hydrogen-bond acceptors (Lipinski definition) is 3. The third-order valence-corrected chi connectivity index (χ3v) is 3.31. The topological polar surface area (TPSA) is 30.5 Å². The molecule has 2 aromatic rings. The van der Waals surface area contributed by atoms with E-state index in [1.807, 2.05) is 26.0 Å². The van der Waals surface area contributed by atoms with Gasteiger partial charge in [0, 0.05) is 12.2 Å². The van der Waals surface area contributed by atoms with Gasteiger partial charge in [0.05, 0.1) is 13.2 Å². The minimum absolute atomic E-state index is 0.133. The fourth-order valence-electron chi connectivity index (χ4n) is 2.45. The molecule has 1 N–H and O–H groups in total. The average molecular weight is 299 g/mol. The molecule has 0 saturated carbocycles. The second-order valence-electron chi connectivity index (χ2n) is 5.88. The van der Waals surface area contributed by atoms with Crippen LogP contribution in [-0.2, 0) is 6.54 Å². The monoisotopic (exact) mass is 299 g/mol. The van der Waals surface area contributed by atoms with Crippen molar-refractivity contribution in [3.05, 3.63) is 53.1 Å². The van der Waals surface area contributed by atoms with Crippen LogP contribution in [0.3, 0.4) is 0 Å². The molecular formula is C19H25NO2. The van der Waals surface area contributed by atoms with Crippen molar-refractivity contribution in [2.24, 2.45) is 0 Å². The number of aryl methyl sites for hydroxylation is 2. The molecule has 0 aliphatic heterocycles. The second-order valence-corrected chi connectivity index (χ2v) is 5.88. The van der Waals surface area contributed by atoms with E-state index in [-0.39, 0.29) is 6.10 Å². The van der Waals surface area contributed by atoms with E-state index in [1.54, 1.807) is 7.11 Å². The quantitative estimate of drug-likeness (QED) is 0.838. The Morgan fingerprint density at radius 3 is 2.23 bits per heavy atom. The van der Waals surface area contributed by atoms with Gasteiger partial charge < -0.3 is 14.8 Å². The van der Waals surface area contributed by atoms with Crippen molar-refractivity contribution in [2.45, 2.75) is 40.3 Å². The maximum absolute atomic E-state index is 5.74. The van der Waals surface area contributed by atoms with Gasteiger partial charge in [-0.25, -0.2) is 0 Å². The summed E-state index contributed by atoms with van der Waals surface area (Å²) in [5.74, 6) is 1.56. The van der Waals surface area contributed by atoms with Gasteiger partial charge in [-0.1, -0.05) is 12.1 Å². The molecule has 3 nitrogen and oxygen atoms in total. The van der Waals surface area contributed by atoms with Gasteiger partial charge in [-0.05, 0) is 68.7 Å². The summed E-state index contributed by atoms with van der Waals surface area (Å²) in [7, 11) is 1.67. The maximum Gasteiger partial charge on any atom is 0.161 e. The lowest BCUT2D eigenvalue weighted by Crippen LogP contribution is -2.07. The van der Waals surface area contributed by atoms with E-state index in [9.17, 15) is 0 Å². The summed E-state index contributed by atoms with van der Waals surface area (Å²) in [6.07, 6.45) is 0.133. The smallest absolute Gasteiger partial charge is 0.161 e. The van der Waals surface area contributed by atoms with Crippen molar-refractivity contribution >= 4 is 5.69 Å². The molecule has 0 unspecified atom stereocenters. The fourth-order valence-corrected chi connectivity index (χ4v) is 2.45. The van der Waals surface area contributed by atoms with E-state index < -0.39 is 0 Å². The Hall–Kier alpha value is -2.16. The zero-order chi connectivity index (χ0) is 16.1. The lowest BCUT2D eigenvalue weighted by molar-refractivity contribution is 0.230. The normalized spacial score (nSPS) is 10.6. The van der Waals surface area contributed by atoms with Gasteiger partial charge in [0.1, 0.15) is 0 Å². The summed E-state index contributed by atoms with van der Waals surface area (Å²) in [5.41, 5.74) is 4.83. The minimum atomic E-state index is 0.133. The fraction of sp³-hybridized carbons (Fsp3) is 0.368. The molecule has 118 valence electrons. The molecule has 0 saturated heterocycles. The van der Waals surface area contributed by atoms with Crippen molar-refractivity contribution in [1.29, 1.82) is 0 Å². The molecule has 0 aliphatic carbocycles. The molecule has 0 bridgehead atoms. The van der Waals surface area contributed by atoms with Crippen molar-refractivity contribution in [1.82, 2.24) is 0 Å². The van der Waals surface area contributed by atoms with Crippen LogP contribution >= 0.6 is 0 Å². The van der Waals surface area contributed by atoms with E-state index in [4.69, 9.17) is 9.47 Å². The molecule has 0 aromatic heterocycles. The highest BCUT2D eigenvalue weighted by Crippen LogP contribution is 2.29. The first kappa shape index (κ1) is 16.2. The lowest BCUT2D eigenvalue weighted by Gasteiger charge is -2.15. The summed E-state index contributed by atoms with van der Waals surface area (Å²) in [5, 5.41) is 3.46. The summed E-state index contributed by atoms with van der Waals surface area (Å²) < 4.78 is 11.2. The van der Waals surface area contributed by atoms with E-state index >= 15 is 0 Å². The minimum Gasteiger partial charge on any atom is -0.493 e. The Morgan fingerprint density at radius 2 is 1.64 bits per heavy atom. The van der Waals surface area contributed by atoms with Gasteiger partial charge in [0.15, 0.2) is 11.5 Å². The summed E-state index contributed by atoms with van der Waals surface area (Å²) >= 11 is 0. The molecule has 3 heteroatoms. The average Bonchev–Trinajstić information content (AvgIpc) is 2.44. The molecule has 0 heterocycles. The molecule has 0 amide bonds. The van der Waals surface area contributed by atoms with E-state index in [0.29, 0.717) is 0 Å². The number of rotatable bonds is 6. The molecule has 0 fully saturated rings. The first-order valence-electron chi connectivity index (χ1n) is 7.63. The van der Waals surface area contributed by atoms with Crippen LogP contribution in [0.2, 0.25) is 0 Å². The Balaban J connectivity index is 2.09. The number of ether oxygens (including phenoxy) is 2. The van der Waals surface area contributed by atoms with Gasteiger partial charge in [-0.2, -0.15) is 0 Å². The maximum atomic E-state index is 5.74. The van der Waals surface area contributed by atoms with E-state index in [2.05, 4.69) is 43.4 Å². The van der Waals surface area contributed by atoms with Crippen LogP contribution in [0, 0.1) is 13.8 Å². The Bertz CT molecular complexity index is 615. The molecule has 2 aromatic carbocycles. The highest BCUT2D eigenvalue weighted by molar-refractivity contribution is 5.50. The molecule has 22 heavy (non-hydrogen) atoms. The number of nitrogens with one attached hydrogen (secondary N) is 1. The second kappa shape index (κ2) is 7.21. The lowest BCUT2D eigenvalue weighted by atomic mass is 10.1. The van der Waals surface area contributed by atoms with Gasteiger partial charge in [-0.3, -0.25) is 0 Å². The first-order chi connectivity index (χ1) is 10.5. The predicted molar refractivity (Wildman–Crippen MR) is 92.0 cm³/mol. The van der Waals surface area contributed by atoms with Crippen LogP contribution in [0.25, 0.3) is 0 Å². The van der Waals surface area contributed by atoms with Crippen LogP contribution in [0.1, 0.15) is 30.5 Å². The third-order valence-electron chi connectivity index (χ3n) is 3.31. The highest BCUT2D eigenvalue weighted by Gasteiger charge is 2.07. The van der Waals surface area contributed by atoms with Crippen molar-refractivity contribution in [3.8, 4) is 11.5 Å². The zero-order valence-electron chi connectivity index (χ0n) is 14.1. The molecular weight excluding hydrogens is 274 g/mol. The predicted octanol–water partition coefficient (Wildman–Crippen LogP) is 4.71. The molecule has 0 aliphatic rings. The van der Waals surface area contributed by atoms with Crippen LogP contribution in [0.4, 0.5) is 5.69 Å². The summed E-state index contributed by atoms with van der Waals surface area (Å²) in [6.45, 7) is 8.99. The molecule has 2 rings (SSSR count). The Morgan fingerprint density at radius 1 is 0.955 bits per heavy atom. The number of hydrogen-bond donors (Lipinski definition) is 1. The molecule has 0 radical (unpaired) electrons. The van der Waals surface area contributed by atoms with Gasteiger partial charge in [0.2, 0.25) is 0 Å². The standard InChI is InChI=1S/C19H25NO2/c1-13(2)22-18-7-6-16(11-19(18)21-5)12-20-17-9-14(3)8-15(4)10-17/h6-11,13,20H,12H2,1-5H3. The van der Waals surface area contributed by atoms with Crippen LogP contribution < -0.4 is 14.8 Å². The number of methoxy groups -OCH3 is 1. The Kier molecular flexibility index (Phi) is 5.31. The first-order valence-corrected chi connectivity index (χ1v) is 7.63. The number of benzene rings is 2. The van der Waals surface area contributed by atoms with Gasteiger partial charge in [-0.15, -0.1) is 0 Å². The van der Waals surface area contributed by atoms with Crippen LogP contribution in [0.5, 0.6) is 11.5 Å². The Labute approximate surface area is 133 Å². The van der Waals surface area contributed by atoms with Gasteiger partial charge in [0.25, 0.3) is 0 Å². The largest absolute Gasteiger partial charge is 0.493 e. The SMILES string of the molecule is COc1cc(CNc2cc(C)cc(C)c2)ccc1OC(C)C. The molecule has 0 spiro atoms. The molecule has 0 atom stereocenters. The van der Waals surface area contributed by atoms with Crippen molar-refractivity contribution in [2.75, 3.05) is 12.4 Å². The zero-order valence-corrected chi connectivity index (χ0v) is 14.1. The van der Waals surface area contributed by atoms with E-state index in [1.165, 1.54) is 11.1 Å². The van der Waals surface area contributed by atoms with Crippen LogP contribution in [-0.4, -0.2) is 13.2 Å². The number of anilines is 1. The van der Waals surface area contributed by atoms with Crippen molar-refractivity contribution < 1.29 is 9.47 Å². The van der Waals surface area contributed by atoms with E-state index in [0.717, 1.165) is 29.3 Å².